The standard InChI is InChI=1S/C19H20FNO3/c20-15-5-9-17(10-6-15)24-16-7-3-14(4-8-16)13-21-19(22)12-18-2-1-11-23-18/h3-10,18H,1-2,11-13H2,(H,21,22). The quantitative estimate of drug-likeness (QED) is 0.877. The molecule has 0 aromatic heterocycles. The van der Waals surface area contributed by atoms with Crippen LogP contribution in [0.1, 0.15) is 24.8 Å². The lowest BCUT2D eigenvalue weighted by Crippen LogP contribution is -2.26. The molecular weight excluding hydrogens is 309 g/mol. The molecule has 1 unspecified atom stereocenters. The summed E-state index contributed by atoms with van der Waals surface area (Å²) >= 11 is 0. The highest BCUT2D eigenvalue weighted by atomic mass is 19.1. The monoisotopic (exact) mass is 329 g/mol. The summed E-state index contributed by atoms with van der Waals surface area (Å²) in [6.45, 7) is 1.23. The summed E-state index contributed by atoms with van der Waals surface area (Å²) in [5.74, 6) is 0.954. The van der Waals surface area contributed by atoms with Crippen molar-refractivity contribution in [1.29, 1.82) is 0 Å². The zero-order valence-electron chi connectivity index (χ0n) is 13.3. The van der Waals surface area contributed by atoms with E-state index in [1.54, 1.807) is 12.1 Å². The second kappa shape index (κ2) is 7.93. The van der Waals surface area contributed by atoms with Gasteiger partial charge in [0.15, 0.2) is 0 Å². The van der Waals surface area contributed by atoms with Crippen LogP contribution in [0.15, 0.2) is 48.5 Å². The van der Waals surface area contributed by atoms with Crippen molar-refractivity contribution in [2.24, 2.45) is 0 Å². The second-order valence-corrected chi connectivity index (χ2v) is 5.82. The first kappa shape index (κ1) is 16.5. The van der Waals surface area contributed by atoms with E-state index in [9.17, 15) is 9.18 Å². The first-order chi connectivity index (χ1) is 11.7. The van der Waals surface area contributed by atoms with E-state index >= 15 is 0 Å². The van der Waals surface area contributed by atoms with Gasteiger partial charge in [0.25, 0.3) is 0 Å². The molecule has 1 amide bonds. The van der Waals surface area contributed by atoms with Gasteiger partial charge in [0, 0.05) is 13.2 Å². The molecule has 2 aromatic rings. The van der Waals surface area contributed by atoms with Crippen LogP contribution in [-0.2, 0) is 16.1 Å². The predicted octanol–water partition coefficient (Wildman–Crippen LogP) is 3.80. The summed E-state index contributed by atoms with van der Waals surface area (Å²) in [4.78, 5) is 11.9. The van der Waals surface area contributed by atoms with Gasteiger partial charge in [-0.05, 0) is 54.8 Å². The lowest BCUT2D eigenvalue weighted by molar-refractivity contribution is -0.123. The van der Waals surface area contributed by atoms with Crippen LogP contribution in [0.4, 0.5) is 4.39 Å². The van der Waals surface area contributed by atoms with E-state index in [4.69, 9.17) is 9.47 Å². The summed E-state index contributed by atoms with van der Waals surface area (Å²) in [5.41, 5.74) is 0.988. The van der Waals surface area contributed by atoms with Crippen molar-refractivity contribution in [3.63, 3.8) is 0 Å². The van der Waals surface area contributed by atoms with Crippen LogP contribution in [-0.4, -0.2) is 18.6 Å². The van der Waals surface area contributed by atoms with Crippen molar-refractivity contribution in [2.75, 3.05) is 6.61 Å². The first-order valence-electron chi connectivity index (χ1n) is 8.10. The van der Waals surface area contributed by atoms with Gasteiger partial charge < -0.3 is 14.8 Å². The molecule has 1 aliphatic heterocycles. The molecule has 4 nitrogen and oxygen atoms in total. The normalized spacial score (nSPS) is 16.8. The molecule has 0 aliphatic carbocycles. The summed E-state index contributed by atoms with van der Waals surface area (Å²) < 4.78 is 23.9. The molecule has 0 radical (unpaired) electrons. The fraction of sp³-hybridized carbons (Fsp3) is 0.316. The summed E-state index contributed by atoms with van der Waals surface area (Å²) in [6.07, 6.45) is 2.48. The third kappa shape index (κ3) is 4.80. The molecule has 1 atom stereocenters. The molecule has 24 heavy (non-hydrogen) atoms. The van der Waals surface area contributed by atoms with Crippen LogP contribution in [0, 0.1) is 5.82 Å². The zero-order valence-corrected chi connectivity index (χ0v) is 13.3. The maximum atomic E-state index is 12.9. The van der Waals surface area contributed by atoms with Crippen LogP contribution >= 0.6 is 0 Å². The Morgan fingerprint density at radius 1 is 1.12 bits per heavy atom. The minimum atomic E-state index is -0.295. The second-order valence-electron chi connectivity index (χ2n) is 5.82. The molecule has 0 spiro atoms. The van der Waals surface area contributed by atoms with E-state index in [1.165, 1.54) is 12.1 Å². The Morgan fingerprint density at radius 3 is 2.42 bits per heavy atom. The number of carbonyl (C=O) groups excluding carboxylic acids is 1. The molecule has 1 saturated heterocycles. The van der Waals surface area contributed by atoms with Gasteiger partial charge in [0.2, 0.25) is 5.91 Å². The maximum absolute atomic E-state index is 12.9. The Hall–Kier alpha value is -2.40. The lowest BCUT2D eigenvalue weighted by Gasteiger charge is -2.10. The molecule has 2 aromatic carbocycles. The van der Waals surface area contributed by atoms with E-state index in [1.807, 2.05) is 24.3 Å². The van der Waals surface area contributed by atoms with Gasteiger partial charge in [0.1, 0.15) is 17.3 Å². The van der Waals surface area contributed by atoms with Crippen LogP contribution in [0.25, 0.3) is 0 Å². The SMILES string of the molecule is O=C(CC1CCCO1)NCc1ccc(Oc2ccc(F)cc2)cc1. The van der Waals surface area contributed by atoms with Crippen molar-refractivity contribution >= 4 is 5.91 Å². The van der Waals surface area contributed by atoms with Crippen LogP contribution in [0.5, 0.6) is 11.5 Å². The van der Waals surface area contributed by atoms with Crippen molar-refractivity contribution in [2.45, 2.75) is 31.9 Å². The molecule has 5 heteroatoms. The van der Waals surface area contributed by atoms with Gasteiger partial charge in [-0.1, -0.05) is 12.1 Å². The minimum absolute atomic E-state index is 0.00791. The minimum Gasteiger partial charge on any atom is -0.457 e. The van der Waals surface area contributed by atoms with Crippen molar-refractivity contribution < 1.29 is 18.7 Å². The maximum Gasteiger partial charge on any atom is 0.222 e. The summed E-state index contributed by atoms with van der Waals surface area (Å²) in [7, 11) is 0. The fourth-order valence-electron chi connectivity index (χ4n) is 2.60. The van der Waals surface area contributed by atoms with E-state index in [0.29, 0.717) is 24.5 Å². The molecule has 0 bridgehead atoms. The highest BCUT2D eigenvalue weighted by Crippen LogP contribution is 2.22. The molecule has 3 rings (SSSR count). The molecule has 1 fully saturated rings. The van der Waals surface area contributed by atoms with E-state index in [2.05, 4.69) is 5.32 Å². The van der Waals surface area contributed by atoms with Crippen LogP contribution in [0.3, 0.4) is 0 Å². The van der Waals surface area contributed by atoms with Gasteiger partial charge in [-0.2, -0.15) is 0 Å². The van der Waals surface area contributed by atoms with Crippen molar-refractivity contribution in [3.05, 3.63) is 59.9 Å². The van der Waals surface area contributed by atoms with Crippen LogP contribution in [0.2, 0.25) is 0 Å². The Morgan fingerprint density at radius 2 is 1.79 bits per heavy atom. The third-order valence-corrected chi connectivity index (χ3v) is 3.90. The molecule has 0 saturated carbocycles. The number of nitrogens with one attached hydrogen (secondary N) is 1. The number of ether oxygens (including phenoxy) is 2. The third-order valence-electron chi connectivity index (χ3n) is 3.90. The Bertz CT molecular complexity index is 664. The highest BCUT2D eigenvalue weighted by Gasteiger charge is 2.18. The first-order valence-corrected chi connectivity index (χ1v) is 8.10. The largest absolute Gasteiger partial charge is 0.457 e. The number of rotatable bonds is 6. The van der Waals surface area contributed by atoms with Crippen LogP contribution < -0.4 is 10.1 Å². The highest BCUT2D eigenvalue weighted by molar-refractivity contribution is 5.76. The van der Waals surface area contributed by atoms with Gasteiger partial charge >= 0.3 is 0 Å². The molecule has 1 aliphatic rings. The Kier molecular flexibility index (Phi) is 5.43. The molecule has 1 heterocycles. The van der Waals surface area contributed by atoms with Gasteiger partial charge in [0.05, 0.1) is 12.5 Å². The van der Waals surface area contributed by atoms with E-state index in [0.717, 1.165) is 25.0 Å². The van der Waals surface area contributed by atoms with E-state index < -0.39 is 0 Å². The van der Waals surface area contributed by atoms with Crippen molar-refractivity contribution in [3.8, 4) is 11.5 Å². The average molecular weight is 329 g/mol. The predicted molar refractivity (Wildman–Crippen MR) is 88.4 cm³/mol. The molecular formula is C19H20FNO3. The number of hydrogen-bond acceptors (Lipinski definition) is 3. The summed E-state index contributed by atoms with van der Waals surface area (Å²) in [6, 6.07) is 13.3. The Balaban J connectivity index is 1.47. The average Bonchev–Trinajstić information content (AvgIpc) is 3.09. The van der Waals surface area contributed by atoms with Gasteiger partial charge in [-0.15, -0.1) is 0 Å². The van der Waals surface area contributed by atoms with Gasteiger partial charge in [-0.3, -0.25) is 4.79 Å². The number of halogens is 1. The topological polar surface area (TPSA) is 47.6 Å². The zero-order chi connectivity index (χ0) is 16.8. The van der Waals surface area contributed by atoms with Gasteiger partial charge in [-0.25, -0.2) is 4.39 Å². The number of amides is 1. The number of benzene rings is 2. The lowest BCUT2D eigenvalue weighted by atomic mass is 10.1. The number of hydrogen-bond donors (Lipinski definition) is 1. The fourth-order valence-corrected chi connectivity index (χ4v) is 2.60. The molecule has 126 valence electrons. The Labute approximate surface area is 140 Å². The number of carbonyl (C=O) groups is 1. The summed E-state index contributed by atoms with van der Waals surface area (Å²) in [5, 5.41) is 2.90. The smallest absolute Gasteiger partial charge is 0.222 e. The molecule has 1 N–H and O–H groups in total. The van der Waals surface area contributed by atoms with E-state index in [-0.39, 0.29) is 17.8 Å². The van der Waals surface area contributed by atoms with Crippen molar-refractivity contribution in [1.82, 2.24) is 5.32 Å².